The monoisotopic (exact) mass is 278 g/mol. The summed E-state index contributed by atoms with van der Waals surface area (Å²) in [6.07, 6.45) is 3.33. The molecule has 0 aromatic carbocycles. The van der Waals surface area contributed by atoms with E-state index in [0.717, 1.165) is 0 Å². The van der Waals surface area contributed by atoms with E-state index in [4.69, 9.17) is 5.11 Å². The Morgan fingerprint density at radius 1 is 1.40 bits per heavy atom. The van der Waals surface area contributed by atoms with Crippen LogP contribution in [0, 0.1) is 5.92 Å². The van der Waals surface area contributed by atoms with E-state index in [-0.39, 0.29) is 18.2 Å². The third-order valence-electron chi connectivity index (χ3n) is 3.62. The number of pyridine rings is 1. The standard InChI is InChI=1S/C14H18N2O4/c17-12(18)8-10-3-6-16(7-4-10)14(20)13(19)11-2-1-5-15-9-11/h1-2,5,9-10,13,19H,3-4,6-8H2,(H,17,18). The first-order chi connectivity index (χ1) is 9.58. The number of piperidine rings is 1. The normalized spacial score (nSPS) is 17.8. The van der Waals surface area contributed by atoms with Gasteiger partial charge in [-0.25, -0.2) is 0 Å². The summed E-state index contributed by atoms with van der Waals surface area (Å²) in [6.45, 7) is 0.988. The lowest BCUT2D eigenvalue weighted by Gasteiger charge is -2.32. The second-order valence-corrected chi connectivity index (χ2v) is 5.06. The third kappa shape index (κ3) is 3.54. The van der Waals surface area contributed by atoms with E-state index in [2.05, 4.69) is 4.98 Å². The highest BCUT2D eigenvalue weighted by Crippen LogP contribution is 2.23. The van der Waals surface area contributed by atoms with Crippen LogP contribution >= 0.6 is 0 Å². The molecule has 1 aliphatic heterocycles. The van der Waals surface area contributed by atoms with Gasteiger partial charge in [0.15, 0.2) is 6.10 Å². The number of likely N-dealkylation sites (tertiary alicyclic amines) is 1. The SMILES string of the molecule is O=C(O)CC1CCN(C(=O)C(O)c2cccnc2)CC1. The molecule has 1 aliphatic rings. The maximum atomic E-state index is 12.2. The first kappa shape index (κ1) is 14.5. The van der Waals surface area contributed by atoms with Crippen LogP contribution in [0.5, 0.6) is 0 Å². The molecule has 1 aromatic rings. The molecule has 2 N–H and O–H groups in total. The Kier molecular flexibility index (Phi) is 4.68. The van der Waals surface area contributed by atoms with Gasteiger partial charge in [0.05, 0.1) is 0 Å². The van der Waals surface area contributed by atoms with Crippen molar-refractivity contribution < 1.29 is 19.8 Å². The van der Waals surface area contributed by atoms with Gasteiger partial charge < -0.3 is 15.1 Å². The van der Waals surface area contributed by atoms with E-state index in [1.54, 1.807) is 23.2 Å². The number of aromatic nitrogens is 1. The molecule has 0 bridgehead atoms. The van der Waals surface area contributed by atoms with Crippen molar-refractivity contribution in [1.29, 1.82) is 0 Å². The zero-order valence-electron chi connectivity index (χ0n) is 11.1. The largest absolute Gasteiger partial charge is 0.481 e. The number of carboxylic acids is 1. The zero-order valence-corrected chi connectivity index (χ0v) is 11.1. The van der Waals surface area contributed by atoms with Gasteiger partial charge in [0.1, 0.15) is 0 Å². The summed E-state index contributed by atoms with van der Waals surface area (Å²) >= 11 is 0. The molecule has 0 spiro atoms. The van der Waals surface area contributed by atoms with Crippen LogP contribution in [0.2, 0.25) is 0 Å². The lowest BCUT2D eigenvalue weighted by molar-refractivity contribution is -0.142. The number of amides is 1. The molecule has 0 saturated carbocycles. The summed E-state index contributed by atoms with van der Waals surface area (Å²) in [5, 5.41) is 18.8. The van der Waals surface area contributed by atoms with Crippen LogP contribution in [0.1, 0.15) is 30.9 Å². The number of carboxylic acid groups (broad SMARTS) is 1. The summed E-state index contributed by atoms with van der Waals surface area (Å²) in [5.74, 6) is -1.02. The fourth-order valence-electron chi connectivity index (χ4n) is 2.46. The molecule has 6 heteroatoms. The molecule has 1 amide bonds. The number of aliphatic hydroxyl groups is 1. The fourth-order valence-corrected chi connectivity index (χ4v) is 2.46. The van der Waals surface area contributed by atoms with E-state index < -0.39 is 12.1 Å². The quantitative estimate of drug-likeness (QED) is 0.851. The van der Waals surface area contributed by atoms with Gasteiger partial charge in [0.25, 0.3) is 5.91 Å². The number of carbonyl (C=O) groups is 2. The van der Waals surface area contributed by atoms with Crippen LogP contribution in [0.25, 0.3) is 0 Å². The molecule has 1 atom stereocenters. The molecular formula is C14H18N2O4. The Labute approximate surface area is 117 Å². The average Bonchev–Trinajstić information content (AvgIpc) is 2.47. The van der Waals surface area contributed by atoms with Crippen molar-refractivity contribution in [3.63, 3.8) is 0 Å². The Morgan fingerprint density at radius 2 is 2.10 bits per heavy atom. The molecule has 1 aromatic heterocycles. The minimum absolute atomic E-state index is 0.118. The molecule has 1 fully saturated rings. The number of nitrogens with zero attached hydrogens (tertiary/aromatic N) is 2. The van der Waals surface area contributed by atoms with E-state index in [0.29, 0.717) is 31.5 Å². The zero-order chi connectivity index (χ0) is 14.5. The lowest BCUT2D eigenvalue weighted by atomic mass is 9.93. The molecule has 1 unspecified atom stereocenters. The highest BCUT2D eigenvalue weighted by Gasteiger charge is 2.28. The van der Waals surface area contributed by atoms with Crippen LogP contribution in [0.4, 0.5) is 0 Å². The Balaban J connectivity index is 1.90. The number of rotatable bonds is 4. The minimum atomic E-state index is -1.19. The number of carbonyl (C=O) groups excluding carboxylic acids is 1. The number of hydrogen-bond donors (Lipinski definition) is 2. The van der Waals surface area contributed by atoms with Gasteiger partial charge in [-0.3, -0.25) is 14.6 Å². The van der Waals surface area contributed by atoms with E-state index in [9.17, 15) is 14.7 Å². The Morgan fingerprint density at radius 3 is 2.65 bits per heavy atom. The van der Waals surface area contributed by atoms with Gasteiger partial charge in [-0.05, 0) is 24.8 Å². The molecule has 108 valence electrons. The number of hydrogen-bond acceptors (Lipinski definition) is 4. The molecule has 1 saturated heterocycles. The lowest BCUT2D eigenvalue weighted by Crippen LogP contribution is -2.41. The summed E-state index contributed by atoms with van der Waals surface area (Å²) in [7, 11) is 0. The van der Waals surface area contributed by atoms with Crippen molar-refractivity contribution in [2.24, 2.45) is 5.92 Å². The molecule has 20 heavy (non-hydrogen) atoms. The molecule has 6 nitrogen and oxygen atoms in total. The first-order valence-electron chi connectivity index (χ1n) is 6.66. The molecule has 2 rings (SSSR count). The van der Waals surface area contributed by atoms with Gasteiger partial charge in [-0.2, -0.15) is 0 Å². The van der Waals surface area contributed by atoms with Crippen LogP contribution < -0.4 is 0 Å². The Bertz CT molecular complexity index is 469. The van der Waals surface area contributed by atoms with E-state index in [1.165, 1.54) is 6.20 Å². The third-order valence-corrected chi connectivity index (χ3v) is 3.62. The van der Waals surface area contributed by atoms with Crippen molar-refractivity contribution in [3.8, 4) is 0 Å². The molecular weight excluding hydrogens is 260 g/mol. The highest BCUT2D eigenvalue weighted by atomic mass is 16.4. The van der Waals surface area contributed by atoms with Crippen molar-refractivity contribution in [3.05, 3.63) is 30.1 Å². The maximum absolute atomic E-state index is 12.2. The summed E-state index contributed by atoms with van der Waals surface area (Å²) in [5.41, 5.74) is 0.477. The molecule has 2 heterocycles. The molecule has 0 aliphatic carbocycles. The van der Waals surface area contributed by atoms with E-state index >= 15 is 0 Å². The first-order valence-corrected chi connectivity index (χ1v) is 6.66. The van der Waals surface area contributed by atoms with Crippen molar-refractivity contribution in [1.82, 2.24) is 9.88 Å². The van der Waals surface area contributed by atoms with Crippen LogP contribution in [0.3, 0.4) is 0 Å². The van der Waals surface area contributed by atoms with E-state index in [1.807, 2.05) is 0 Å². The van der Waals surface area contributed by atoms with Gasteiger partial charge >= 0.3 is 5.97 Å². The number of aliphatic carboxylic acids is 1. The van der Waals surface area contributed by atoms with Crippen LogP contribution in [-0.2, 0) is 9.59 Å². The summed E-state index contributed by atoms with van der Waals surface area (Å²) in [6, 6.07) is 3.33. The van der Waals surface area contributed by atoms with Crippen LogP contribution in [-0.4, -0.2) is 45.1 Å². The Hall–Kier alpha value is -1.95. The van der Waals surface area contributed by atoms with Gasteiger partial charge in [-0.1, -0.05) is 6.07 Å². The second kappa shape index (κ2) is 6.47. The fraction of sp³-hybridized carbons (Fsp3) is 0.500. The number of aliphatic hydroxyl groups excluding tert-OH is 1. The van der Waals surface area contributed by atoms with Gasteiger partial charge in [0.2, 0.25) is 0 Å². The topological polar surface area (TPSA) is 90.7 Å². The van der Waals surface area contributed by atoms with Gasteiger partial charge in [0, 0.05) is 37.5 Å². The van der Waals surface area contributed by atoms with Gasteiger partial charge in [-0.15, -0.1) is 0 Å². The summed E-state index contributed by atoms with van der Waals surface area (Å²) in [4.78, 5) is 28.3. The second-order valence-electron chi connectivity index (χ2n) is 5.06. The summed E-state index contributed by atoms with van der Waals surface area (Å²) < 4.78 is 0. The highest BCUT2D eigenvalue weighted by molar-refractivity contribution is 5.82. The predicted molar refractivity (Wildman–Crippen MR) is 70.8 cm³/mol. The minimum Gasteiger partial charge on any atom is -0.481 e. The maximum Gasteiger partial charge on any atom is 0.303 e. The van der Waals surface area contributed by atoms with Crippen molar-refractivity contribution in [2.75, 3.05) is 13.1 Å². The van der Waals surface area contributed by atoms with Crippen molar-refractivity contribution in [2.45, 2.75) is 25.4 Å². The van der Waals surface area contributed by atoms with Crippen LogP contribution in [0.15, 0.2) is 24.5 Å². The smallest absolute Gasteiger partial charge is 0.303 e. The average molecular weight is 278 g/mol. The molecule has 0 radical (unpaired) electrons. The van der Waals surface area contributed by atoms with Crippen molar-refractivity contribution >= 4 is 11.9 Å². The predicted octanol–water partition coefficient (Wildman–Crippen LogP) is 0.828.